The lowest BCUT2D eigenvalue weighted by atomic mass is 10.1. The number of guanidine groups is 1. The van der Waals surface area contributed by atoms with Crippen LogP contribution < -0.4 is 15.4 Å². The number of halogens is 1. The maximum Gasteiger partial charge on any atom is 0.223 e. The van der Waals surface area contributed by atoms with E-state index in [1.807, 2.05) is 36.1 Å². The first-order valence-corrected chi connectivity index (χ1v) is 11.1. The number of nitrogens with one attached hydrogen (secondary N) is 2. The van der Waals surface area contributed by atoms with Gasteiger partial charge in [-0.25, -0.2) is 0 Å². The largest absolute Gasteiger partial charge is 0.494 e. The molecule has 1 fully saturated rings. The number of aliphatic imine (C=N–C) groups is 1. The molecule has 6 nitrogen and oxygen atoms in total. The Balaban J connectivity index is 0.00000363. The van der Waals surface area contributed by atoms with Gasteiger partial charge in [0, 0.05) is 45.6 Å². The van der Waals surface area contributed by atoms with Gasteiger partial charge in [-0.2, -0.15) is 0 Å². The second kappa shape index (κ2) is 13.3. The zero-order valence-corrected chi connectivity index (χ0v) is 21.6. The number of amides is 1. The Kier molecular flexibility index (Phi) is 10.8. The van der Waals surface area contributed by atoms with Crippen molar-refractivity contribution in [2.75, 3.05) is 33.3 Å². The van der Waals surface area contributed by atoms with Gasteiger partial charge in [-0.1, -0.05) is 42.5 Å². The van der Waals surface area contributed by atoms with Gasteiger partial charge < -0.3 is 20.3 Å². The fourth-order valence-electron chi connectivity index (χ4n) is 3.90. The Morgan fingerprint density at radius 1 is 1.16 bits per heavy atom. The molecule has 0 aromatic heterocycles. The summed E-state index contributed by atoms with van der Waals surface area (Å²) >= 11 is 0. The van der Waals surface area contributed by atoms with Gasteiger partial charge in [0.15, 0.2) is 5.96 Å². The number of nitrogens with zero attached hydrogens (tertiary/aromatic N) is 2. The van der Waals surface area contributed by atoms with Crippen LogP contribution in [-0.4, -0.2) is 50.1 Å². The van der Waals surface area contributed by atoms with Crippen molar-refractivity contribution in [3.05, 3.63) is 65.2 Å². The van der Waals surface area contributed by atoms with Crippen LogP contribution in [0.5, 0.6) is 5.75 Å². The predicted octanol–water partition coefficient (Wildman–Crippen LogP) is 3.77. The van der Waals surface area contributed by atoms with Crippen LogP contribution in [0.2, 0.25) is 0 Å². The van der Waals surface area contributed by atoms with Crippen LogP contribution in [0.15, 0.2) is 53.5 Å². The number of benzene rings is 2. The lowest BCUT2D eigenvalue weighted by Crippen LogP contribution is -2.40. The summed E-state index contributed by atoms with van der Waals surface area (Å²) in [5, 5.41) is 6.74. The average molecular weight is 550 g/mol. The fraction of sp³-hybridized carbons (Fsp3) is 0.440. The Morgan fingerprint density at radius 3 is 2.62 bits per heavy atom. The highest BCUT2D eigenvalue weighted by molar-refractivity contribution is 14.0. The third-order valence-corrected chi connectivity index (χ3v) is 5.59. The zero-order valence-electron chi connectivity index (χ0n) is 19.3. The lowest BCUT2D eigenvalue weighted by Gasteiger charge is -2.18. The molecule has 1 unspecified atom stereocenters. The molecule has 3 rings (SSSR count). The van der Waals surface area contributed by atoms with E-state index in [0.717, 1.165) is 43.3 Å². The first-order valence-electron chi connectivity index (χ1n) is 11.1. The fourth-order valence-corrected chi connectivity index (χ4v) is 3.90. The van der Waals surface area contributed by atoms with E-state index in [4.69, 9.17) is 4.74 Å². The Bertz CT molecular complexity index is 889. The molecule has 2 aromatic carbocycles. The van der Waals surface area contributed by atoms with Crippen molar-refractivity contribution in [1.29, 1.82) is 0 Å². The van der Waals surface area contributed by atoms with Gasteiger partial charge in [-0.3, -0.25) is 9.79 Å². The number of rotatable bonds is 9. The molecular weight excluding hydrogens is 515 g/mol. The van der Waals surface area contributed by atoms with Gasteiger partial charge in [0.1, 0.15) is 5.75 Å². The normalized spacial score (nSPS) is 16.0. The van der Waals surface area contributed by atoms with Crippen molar-refractivity contribution in [2.24, 2.45) is 10.9 Å². The van der Waals surface area contributed by atoms with Crippen molar-refractivity contribution in [3.63, 3.8) is 0 Å². The summed E-state index contributed by atoms with van der Waals surface area (Å²) in [4.78, 5) is 18.7. The van der Waals surface area contributed by atoms with Crippen LogP contribution in [0, 0.1) is 12.8 Å². The average Bonchev–Trinajstić information content (AvgIpc) is 3.14. The summed E-state index contributed by atoms with van der Waals surface area (Å²) in [5.74, 6) is 2.23. The van der Waals surface area contributed by atoms with Crippen LogP contribution in [-0.2, 0) is 17.8 Å². The Morgan fingerprint density at radius 2 is 1.94 bits per heavy atom. The smallest absolute Gasteiger partial charge is 0.223 e. The lowest BCUT2D eigenvalue weighted by molar-refractivity contribution is -0.127. The predicted molar refractivity (Wildman–Crippen MR) is 141 cm³/mol. The number of hydrogen-bond acceptors (Lipinski definition) is 3. The van der Waals surface area contributed by atoms with E-state index in [1.54, 1.807) is 7.05 Å². The number of carbonyl (C=O) groups is 1. The Hall–Kier alpha value is -2.29. The molecule has 0 aliphatic carbocycles. The van der Waals surface area contributed by atoms with E-state index in [9.17, 15) is 4.79 Å². The quantitative estimate of drug-likeness (QED) is 0.284. The van der Waals surface area contributed by atoms with Crippen molar-refractivity contribution in [2.45, 2.75) is 33.2 Å². The number of likely N-dealkylation sites (tertiary alicyclic amines) is 1. The summed E-state index contributed by atoms with van der Waals surface area (Å²) in [6, 6.07) is 16.5. The Labute approximate surface area is 208 Å². The molecule has 1 atom stereocenters. The van der Waals surface area contributed by atoms with Gasteiger partial charge in [-0.05, 0) is 43.0 Å². The van der Waals surface area contributed by atoms with Gasteiger partial charge in [-0.15, -0.1) is 24.0 Å². The summed E-state index contributed by atoms with van der Waals surface area (Å²) in [6.07, 6.45) is 1.49. The van der Waals surface area contributed by atoms with E-state index in [0.29, 0.717) is 25.5 Å². The maximum atomic E-state index is 12.4. The molecule has 174 valence electrons. The molecule has 0 radical (unpaired) electrons. The van der Waals surface area contributed by atoms with Gasteiger partial charge in [0.2, 0.25) is 5.91 Å². The summed E-state index contributed by atoms with van der Waals surface area (Å²) in [7, 11) is 1.77. The molecule has 0 saturated carbocycles. The highest BCUT2D eigenvalue weighted by Gasteiger charge is 2.29. The SMILES string of the molecule is CCOc1ccc(CNC(=NC)NCC2CC(=O)N(CCc3ccccc3)C2)cc1C.I. The third kappa shape index (κ3) is 7.69. The summed E-state index contributed by atoms with van der Waals surface area (Å²) < 4.78 is 5.61. The topological polar surface area (TPSA) is 66.0 Å². The van der Waals surface area contributed by atoms with Crippen molar-refractivity contribution < 1.29 is 9.53 Å². The molecule has 7 heteroatoms. The molecule has 1 aliphatic rings. The van der Waals surface area contributed by atoms with E-state index < -0.39 is 0 Å². The standard InChI is InChI=1S/C25H34N4O2.HI/c1-4-31-23-11-10-21(14-19(23)2)16-27-25(26-3)28-17-22-15-24(30)29(18-22)13-12-20-8-6-5-7-9-20;/h5-11,14,22H,4,12-13,15-18H2,1-3H3,(H2,26,27,28);1H. The minimum atomic E-state index is 0. The van der Waals surface area contributed by atoms with Crippen molar-refractivity contribution in [3.8, 4) is 5.75 Å². The number of hydrogen-bond donors (Lipinski definition) is 2. The molecule has 2 N–H and O–H groups in total. The van der Waals surface area contributed by atoms with Crippen molar-refractivity contribution in [1.82, 2.24) is 15.5 Å². The van der Waals surface area contributed by atoms with E-state index >= 15 is 0 Å². The molecule has 1 saturated heterocycles. The maximum absolute atomic E-state index is 12.4. The third-order valence-electron chi connectivity index (χ3n) is 5.59. The second-order valence-corrected chi connectivity index (χ2v) is 7.99. The van der Waals surface area contributed by atoms with Crippen LogP contribution in [0.1, 0.15) is 30.0 Å². The molecule has 1 aliphatic heterocycles. The molecule has 1 amide bonds. The van der Waals surface area contributed by atoms with Crippen LogP contribution in [0.3, 0.4) is 0 Å². The summed E-state index contributed by atoms with van der Waals surface area (Å²) in [5.41, 5.74) is 3.57. The van der Waals surface area contributed by atoms with Crippen molar-refractivity contribution >= 4 is 35.8 Å². The number of ether oxygens (including phenoxy) is 1. The van der Waals surface area contributed by atoms with Crippen LogP contribution in [0.25, 0.3) is 0 Å². The molecule has 0 bridgehead atoms. The van der Waals surface area contributed by atoms with Gasteiger partial charge >= 0.3 is 0 Å². The van der Waals surface area contributed by atoms with E-state index in [2.05, 4.69) is 46.8 Å². The molecule has 0 spiro atoms. The summed E-state index contributed by atoms with van der Waals surface area (Å²) in [6.45, 7) is 7.71. The van der Waals surface area contributed by atoms with E-state index in [-0.39, 0.29) is 29.9 Å². The minimum Gasteiger partial charge on any atom is -0.494 e. The monoisotopic (exact) mass is 550 g/mol. The second-order valence-electron chi connectivity index (χ2n) is 7.99. The minimum absolute atomic E-state index is 0. The first kappa shape index (κ1) is 26.0. The van der Waals surface area contributed by atoms with Crippen LogP contribution >= 0.6 is 24.0 Å². The highest BCUT2D eigenvalue weighted by atomic mass is 127. The van der Waals surface area contributed by atoms with Gasteiger partial charge in [0.25, 0.3) is 0 Å². The highest BCUT2D eigenvalue weighted by Crippen LogP contribution is 2.19. The molecule has 2 aromatic rings. The van der Waals surface area contributed by atoms with Gasteiger partial charge in [0.05, 0.1) is 6.61 Å². The number of aryl methyl sites for hydroxylation is 1. The molecule has 32 heavy (non-hydrogen) atoms. The van der Waals surface area contributed by atoms with E-state index in [1.165, 1.54) is 11.1 Å². The first-order chi connectivity index (χ1) is 15.1. The number of carbonyl (C=O) groups excluding carboxylic acids is 1. The zero-order chi connectivity index (χ0) is 22.1. The molecular formula is C25H35IN4O2. The molecule has 1 heterocycles. The van der Waals surface area contributed by atoms with Crippen LogP contribution in [0.4, 0.5) is 0 Å².